The van der Waals surface area contributed by atoms with Gasteiger partial charge in [0.2, 0.25) is 11.9 Å². The van der Waals surface area contributed by atoms with Gasteiger partial charge in [-0.2, -0.15) is 0 Å². The van der Waals surface area contributed by atoms with Gasteiger partial charge in [-0.05, 0) is 6.07 Å². The van der Waals surface area contributed by atoms with Gasteiger partial charge in [-0.1, -0.05) is 41.4 Å². The number of hydrogen-bond donors (Lipinski definition) is 2. The van der Waals surface area contributed by atoms with Crippen molar-refractivity contribution in [1.29, 1.82) is 0 Å². The molecule has 1 aromatic carbocycles. The number of carbonyl (C=O) groups excluding carboxylic acids is 1. The van der Waals surface area contributed by atoms with Crippen LogP contribution < -0.4 is 20.5 Å². The average Bonchev–Trinajstić information content (AvgIpc) is 3.27. The summed E-state index contributed by atoms with van der Waals surface area (Å²) in [7, 11) is 2.97. The fraction of sp³-hybridized carbons (Fsp3) is 0.273. The second kappa shape index (κ2) is 9.79. The van der Waals surface area contributed by atoms with Gasteiger partial charge in [0.05, 0.1) is 49.2 Å². The molecule has 0 bridgehead atoms. The second-order valence-corrected chi connectivity index (χ2v) is 8.61. The standard InChI is InChI=1S/C22H20Cl3N5O4/c1-9(21(26)31)11-7-34-8-13(11)29-22-27-6-10-4-12(28-20(25)19(10)30-22)16-17(23)14(32-2)5-15(33-3)18(16)24/h4-6,11,13H,1,7-8H2,2-3H3,(H2,26,31)(H,27,29,30)/t11-,13-/m1/s1. The molecule has 0 spiro atoms. The van der Waals surface area contributed by atoms with Crippen LogP contribution in [0.2, 0.25) is 15.2 Å². The summed E-state index contributed by atoms with van der Waals surface area (Å²) < 4.78 is 16.1. The molecule has 2 aromatic heterocycles. The molecule has 3 aromatic rings. The molecule has 1 amide bonds. The Kier molecular flexibility index (Phi) is 6.99. The number of primary amides is 1. The second-order valence-electron chi connectivity index (χ2n) is 7.50. The average molecular weight is 525 g/mol. The number of methoxy groups -OCH3 is 2. The first-order valence-electron chi connectivity index (χ1n) is 10.0. The summed E-state index contributed by atoms with van der Waals surface area (Å²) >= 11 is 19.5. The van der Waals surface area contributed by atoms with Crippen LogP contribution >= 0.6 is 34.8 Å². The van der Waals surface area contributed by atoms with Gasteiger partial charge in [-0.25, -0.2) is 15.0 Å². The monoisotopic (exact) mass is 523 g/mol. The molecule has 9 nitrogen and oxygen atoms in total. The van der Waals surface area contributed by atoms with Crippen molar-refractivity contribution in [3.8, 4) is 22.8 Å². The molecule has 0 aliphatic carbocycles. The van der Waals surface area contributed by atoms with Crippen molar-refractivity contribution in [2.24, 2.45) is 11.7 Å². The Balaban J connectivity index is 1.71. The number of fused-ring (bicyclic) bond motifs is 1. The third-order valence-electron chi connectivity index (χ3n) is 5.51. The number of carbonyl (C=O) groups is 1. The van der Waals surface area contributed by atoms with Crippen LogP contribution in [0.3, 0.4) is 0 Å². The molecule has 1 saturated heterocycles. The maximum Gasteiger partial charge on any atom is 0.244 e. The van der Waals surface area contributed by atoms with Gasteiger partial charge >= 0.3 is 0 Å². The normalized spacial score (nSPS) is 17.6. The van der Waals surface area contributed by atoms with E-state index in [-0.39, 0.29) is 32.7 Å². The fourth-order valence-electron chi connectivity index (χ4n) is 3.70. The van der Waals surface area contributed by atoms with Crippen LogP contribution in [0, 0.1) is 5.92 Å². The van der Waals surface area contributed by atoms with E-state index >= 15 is 0 Å². The Labute approximate surface area is 210 Å². The van der Waals surface area contributed by atoms with Gasteiger partial charge in [0.15, 0.2) is 5.15 Å². The number of hydrogen-bond acceptors (Lipinski definition) is 8. The summed E-state index contributed by atoms with van der Waals surface area (Å²) in [6.07, 6.45) is 1.59. The van der Waals surface area contributed by atoms with Gasteiger partial charge in [-0.15, -0.1) is 0 Å². The van der Waals surface area contributed by atoms with Crippen molar-refractivity contribution < 1.29 is 19.0 Å². The third-order valence-corrected chi connectivity index (χ3v) is 6.53. The van der Waals surface area contributed by atoms with E-state index in [0.717, 1.165) is 0 Å². The summed E-state index contributed by atoms with van der Waals surface area (Å²) in [5.41, 5.74) is 6.87. The van der Waals surface area contributed by atoms with Crippen LogP contribution in [0.1, 0.15) is 0 Å². The highest BCUT2D eigenvalue weighted by atomic mass is 35.5. The summed E-state index contributed by atoms with van der Waals surface area (Å²) in [5.74, 6) is 0.171. The topological polar surface area (TPSA) is 121 Å². The quantitative estimate of drug-likeness (QED) is 0.349. The van der Waals surface area contributed by atoms with Crippen LogP contribution in [0.15, 0.2) is 30.5 Å². The van der Waals surface area contributed by atoms with Crippen molar-refractivity contribution >= 4 is 57.6 Å². The van der Waals surface area contributed by atoms with Crippen molar-refractivity contribution in [3.63, 3.8) is 0 Å². The Morgan fingerprint density at radius 3 is 2.44 bits per heavy atom. The van der Waals surface area contributed by atoms with Crippen molar-refractivity contribution in [3.05, 3.63) is 45.7 Å². The lowest BCUT2D eigenvalue weighted by Crippen LogP contribution is -2.33. The largest absolute Gasteiger partial charge is 0.495 e. The number of nitrogens with one attached hydrogen (secondary N) is 1. The van der Waals surface area contributed by atoms with Crippen LogP contribution in [0.4, 0.5) is 5.95 Å². The molecule has 1 fully saturated rings. The van der Waals surface area contributed by atoms with E-state index in [0.29, 0.717) is 52.8 Å². The lowest BCUT2D eigenvalue weighted by molar-refractivity contribution is -0.115. The van der Waals surface area contributed by atoms with E-state index in [1.165, 1.54) is 14.2 Å². The molecular formula is C22H20Cl3N5O4. The van der Waals surface area contributed by atoms with Crippen LogP contribution in [0.25, 0.3) is 22.2 Å². The van der Waals surface area contributed by atoms with E-state index < -0.39 is 5.91 Å². The minimum atomic E-state index is -0.576. The van der Waals surface area contributed by atoms with Gasteiger partial charge in [-0.3, -0.25) is 4.79 Å². The molecule has 0 radical (unpaired) electrons. The number of pyridine rings is 1. The lowest BCUT2D eigenvalue weighted by Gasteiger charge is -2.19. The molecule has 12 heteroatoms. The maximum absolute atomic E-state index is 11.5. The number of rotatable bonds is 7. The van der Waals surface area contributed by atoms with Crippen molar-refractivity contribution in [2.45, 2.75) is 6.04 Å². The number of nitrogens with zero attached hydrogens (tertiary/aromatic N) is 3. The Morgan fingerprint density at radius 1 is 1.15 bits per heavy atom. The summed E-state index contributed by atoms with van der Waals surface area (Å²) in [5, 5.41) is 4.41. The van der Waals surface area contributed by atoms with Crippen LogP contribution in [-0.4, -0.2) is 54.3 Å². The van der Waals surface area contributed by atoms with Crippen LogP contribution in [-0.2, 0) is 9.53 Å². The summed E-state index contributed by atoms with van der Waals surface area (Å²) in [6, 6.07) is 3.03. The van der Waals surface area contributed by atoms with Gasteiger partial charge in [0.25, 0.3) is 0 Å². The molecule has 34 heavy (non-hydrogen) atoms. The van der Waals surface area contributed by atoms with E-state index in [2.05, 4.69) is 26.8 Å². The molecule has 3 heterocycles. The number of nitrogens with two attached hydrogens (primary N) is 1. The van der Waals surface area contributed by atoms with Crippen LogP contribution in [0.5, 0.6) is 11.5 Å². The highest BCUT2D eigenvalue weighted by molar-refractivity contribution is 6.41. The SMILES string of the molecule is C=C(C(N)=O)[C@H]1COC[C@H]1Nc1ncc2cc(-c3c(Cl)c(OC)cc(OC)c3Cl)nc(Cl)c2n1. The number of benzene rings is 1. The first-order valence-corrected chi connectivity index (χ1v) is 11.1. The number of ether oxygens (including phenoxy) is 3. The minimum Gasteiger partial charge on any atom is -0.495 e. The first-order chi connectivity index (χ1) is 16.2. The highest BCUT2D eigenvalue weighted by Gasteiger charge is 2.33. The van der Waals surface area contributed by atoms with E-state index in [1.54, 1.807) is 18.3 Å². The predicted molar refractivity (Wildman–Crippen MR) is 131 cm³/mol. The molecule has 2 atom stereocenters. The zero-order valence-corrected chi connectivity index (χ0v) is 20.5. The molecule has 4 rings (SSSR count). The van der Waals surface area contributed by atoms with E-state index in [9.17, 15) is 4.79 Å². The summed E-state index contributed by atoms with van der Waals surface area (Å²) in [4.78, 5) is 24.8. The third kappa shape index (κ3) is 4.44. The van der Waals surface area contributed by atoms with E-state index in [4.69, 9.17) is 54.7 Å². The van der Waals surface area contributed by atoms with E-state index in [1.807, 2.05) is 0 Å². The van der Waals surface area contributed by atoms with Crippen molar-refractivity contribution in [1.82, 2.24) is 15.0 Å². The maximum atomic E-state index is 11.5. The molecular weight excluding hydrogens is 505 g/mol. The number of halogens is 3. The first kappa shape index (κ1) is 24.3. The zero-order valence-electron chi connectivity index (χ0n) is 18.2. The van der Waals surface area contributed by atoms with Gasteiger partial charge in [0.1, 0.15) is 17.0 Å². The molecule has 0 saturated carbocycles. The smallest absolute Gasteiger partial charge is 0.244 e. The Bertz CT molecular complexity index is 1280. The predicted octanol–water partition coefficient (Wildman–Crippen LogP) is 4.14. The molecule has 0 unspecified atom stereocenters. The lowest BCUT2D eigenvalue weighted by atomic mass is 9.95. The van der Waals surface area contributed by atoms with Crippen molar-refractivity contribution in [2.75, 3.05) is 32.8 Å². The molecule has 1 aliphatic rings. The minimum absolute atomic E-state index is 0.118. The molecule has 178 valence electrons. The number of aromatic nitrogens is 3. The van der Waals surface area contributed by atoms with Gasteiger partial charge < -0.3 is 25.3 Å². The fourth-order valence-corrected chi connectivity index (χ4v) is 4.63. The van der Waals surface area contributed by atoms with Gasteiger partial charge in [0, 0.05) is 34.7 Å². The molecule has 1 aliphatic heterocycles. The highest BCUT2D eigenvalue weighted by Crippen LogP contribution is 2.46. The Morgan fingerprint density at radius 2 is 1.82 bits per heavy atom. The number of anilines is 1. The summed E-state index contributed by atoms with van der Waals surface area (Å²) in [6.45, 7) is 4.43. The Hall–Kier alpha value is -2.85. The number of amides is 1. The molecule has 3 N–H and O–H groups in total. The zero-order chi connectivity index (χ0) is 24.6.